The van der Waals surface area contributed by atoms with E-state index in [1.165, 1.54) is 0 Å². The van der Waals surface area contributed by atoms with E-state index in [1.54, 1.807) is 14.2 Å². The molecule has 0 aliphatic carbocycles. The number of rotatable bonds is 8. The van der Waals surface area contributed by atoms with Crippen molar-refractivity contribution in [1.29, 1.82) is 0 Å². The van der Waals surface area contributed by atoms with Crippen LogP contribution in [0.2, 0.25) is 0 Å². The molecule has 1 atom stereocenters. The number of nitrogens with zero attached hydrogens (tertiary/aromatic N) is 1. The molecule has 1 unspecified atom stereocenters. The molecule has 0 spiro atoms. The summed E-state index contributed by atoms with van der Waals surface area (Å²) in [6.45, 7) is 1.06. The van der Waals surface area contributed by atoms with E-state index in [2.05, 4.69) is 19.0 Å². The van der Waals surface area contributed by atoms with Crippen molar-refractivity contribution in [2.24, 2.45) is 5.73 Å². The maximum Gasteiger partial charge on any atom is 0.123 e. The molecule has 0 aliphatic rings. The molecule has 4 nitrogen and oxygen atoms in total. The van der Waals surface area contributed by atoms with Crippen molar-refractivity contribution in [3.8, 4) is 11.5 Å². The van der Waals surface area contributed by atoms with E-state index in [4.69, 9.17) is 15.2 Å². The van der Waals surface area contributed by atoms with Crippen LogP contribution < -0.4 is 15.2 Å². The summed E-state index contributed by atoms with van der Waals surface area (Å²) in [4.78, 5) is 2.17. The SMILES string of the molecule is COc1ccc(OC)c(C(N)CSCCN(C)C)c1. The average Bonchev–Trinajstić information content (AvgIpc) is 2.42. The van der Waals surface area contributed by atoms with Crippen molar-refractivity contribution < 1.29 is 9.47 Å². The van der Waals surface area contributed by atoms with Gasteiger partial charge in [-0.15, -0.1) is 0 Å². The van der Waals surface area contributed by atoms with E-state index in [0.717, 1.165) is 35.1 Å². The van der Waals surface area contributed by atoms with Gasteiger partial charge in [0.15, 0.2) is 0 Å². The van der Waals surface area contributed by atoms with Gasteiger partial charge in [-0.1, -0.05) is 0 Å². The van der Waals surface area contributed by atoms with Crippen LogP contribution >= 0.6 is 11.8 Å². The van der Waals surface area contributed by atoms with E-state index in [1.807, 2.05) is 30.0 Å². The van der Waals surface area contributed by atoms with E-state index in [9.17, 15) is 0 Å². The highest BCUT2D eigenvalue weighted by Gasteiger charge is 2.13. The summed E-state index contributed by atoms with van der Waals surface area (Å²) < 4.78 is 10.6. The second-order valence-corrected chi connectivity index (χ2v) is 5.74. The lowest BCUT2D eigenvalue weighted by molar-refractivity contribution is 0.396. The summed E-state index contributed by atoms with van der Waals surface area (Å²) in [5.41, 5.74) is 7.24. The fourth-order valence-corrected chi connectivity index (χ4v) is 2.77. The van der Waals surface area contributed by atoms with Gasteiger partial charge in [0.25, 0.3) is 0 Å². The van der Waals surface area contributed by atoms with Gasteiger partial charge in [0.2, 0.25) is 0 Å². The summed E-state index contributed by atoms with van der Waals surface area (Å²) in [6, 6.07) is 5.69. The lowest BCUT2D eigenvalue weighted by Gasteiger charge is -2.17. The molecule has 0 amide bonds. The number of ether oxygens (including phenoxy) is 2. The molecular weight excluding hydrogens is 260 g/mol. The molecule has 1 aromatic rings. The minimum Gasteiger partial charge on any atom is -0.497 e. The molecule has 0 heterocycles. The van der Waals surface area contributed by atoms with Crippen molar-refractivity contribution in [3.63, 3.8) is 0 Å². The van der Waals surface area contributed by atoms with Crippen LogP contribution in [0.4, 0.5) is 0 Å². The van der Waals surface area contributed by atoms with Gasteiger partial charge in [-0.2, -0.15) is 11.8 Å². The molecule has 0 aromatic heterocycles. The molecule has 5 heteroatoms. The van der Waals surface area contributed by atoms with Crippen molar-refractivity contribution in [2.45, 2.75) is 6.04 Å². The minimum atomic E-state index is -0.0442. The van der Waals surface area contributed by atoms with Crippen molar-refractivity contribution >= 4 is 11.8 Å². The summed E-state index contributed by atoms with van der Waals surface area (Å²) in [6.07, 6.45) is 0. The molecule has 0 radical (unpaired) electrons. The Morgan fingerprint density at radius 2 is 2.00 bits per heavy atom. The maximum atomic E-state index is 6.24. The molecule has 0 saturated heterocycles. The maximum absolute atomic E-state index is 6.24. The van der Waals surface area contributed by atoms with Gasteiger partial charge >= 0.3 is 0 Å². The first kappa shape index (κ1) is 16.1. The standard InChI is InChI=1S/C14H24N2O2S/c1-16(2)7-8-19-10-13(15)12-9-11(17-3)5-6-14(12)18-4/h5-6,9,13H,7-8,10,15H2,1-4H3. The average molecular weight is 284 g/mol. The zero-order valence-electron chi connectivity index (χ0n) is 12.2. The molecule has 0 bridgehead atoms. The first-order chi connectivity index (χ1) is 9.08. The Balaban J connectivity index is 2.61. The Hall–Kier alpha value is -0.910. The van der Waals surface area contributed by atoms with Crippen molar-refractivity contribution in [1.82, 2.24) is 4.90 Å². The van der Waals surface area contributed by atoms with Gasteiger partial charge < -0.3 is 20.1 Å². The van der Waals surface area contributed by atoms with Gasteiger partial charge in [0, 0.05) is 29.7 Å². The van der Waals surface area contributed by atoms with Crippen LogP contribution in [0.3, 0.4) is 0 Å². The highest BCUT2D eigenvalue weighted by atomic mass is 32.2. The zero-order chi connectivity index (χ0) is 14.3. The number of hydrogen-bond donors (Lipinski definition) is 1. The normalized spacial score (nSPS) is 12.5. The molecular formula is C14H24N2O2S. The third-order valence-electron chi connectivity index (χ3n) is 2.82. The Labute approximate surface area is 120 Å². The number of benzene rings is 1. The highest BCUT2D eigenvalue weighted by Crippen LogP contribution is 2.29. The smallest absolute Gasteiger partial charge is 0.123 e. The van der Waals surface area contributed by atoms with E-state index < -0.39 is 0 Å². The predicted octanol–water partition coefficient (Wildman–Crippen LogP) is 2.00. The Kier molecular flexibility index (Phi) is 7.05. The quantitative estimate of drug-likeness (QED) is 0.740. The number of hydrogen-bond acceptors (Lipinski definition) is 5. The summed E-state index contributed by atoms with van der Waals surface area (Å²) in [5, 5.41) is 0. The van der Waals surface area contributed by atoms with Crippen LogP contribution in [0.15, 0.2) is 18.2 Å². The van der Waals surface area contributed by atoms with Crippen LogP contribution in [0.5, 0.6) is 11.5 Å². The molecule has 108 valence electrons. The highest BCUT2D eigenvalue weighted by molar-refractivity contribution is 7.99. The van der Waals surface area contributed by atoms with Crippen LogP contribution in [0.1, 0.15) is 11.6 Å². The van der Waals surface area contributed by atoms with Gasteiger partial charge in [-0.05, 0) is 32.3 Å². The van der Waals surface area contributed by atoms with Gasteiger partial charge in [0.1, 0.15) is 11.5 Å². The minimum absolute atomic E-state index is 0.0442. The molecule has 19 heavy (non-hydrogen) atoms. The first-order valence-corrected chi connectivity index (χ1v) is 7.44. The van der Waals surface area contributed by atoms with E-state index >= 15 is 0 Å². The van der Waals surface area contributed by atoms with Crippen LogP contribution in [0.25, 0.3) is 0 Å². The van der Waals surface area contributed by atoms with Crippen molar-refractivity contribution in [2.75, 3.05) is 46.4 Å². The second-order valence-electron chi connectivity index (χ2n) is 4.59. The summed E-state index contributed by atoms with van der Waals surface area (Å²) in [7, 11) is 7.47. The molecule has 1 rings (SSSR count). The lowest BCUT2D eigenvalue weighted by Crippen LogP contribution is -2.18. The third-order valence-corrected chi connectivity index (χ3v) is 3.88. The van der Waals surface area contributed by atoms with Crippen LogP contribution in [-0.2, 0) is 0 Å². The topological polar surface area (TPSA) is 47.7 Å². The summed E-state index contributed by atoms with van der Waals surface area (Å²) >= 11 is 1.85. The fourth-order valence-electron chi connectivity index (χ4n) is 1.68. The van der Waals surface area contributed by atoms with Crippen LogP contribution in [0, 0.1) is 0 Å². The Bertz CT molecular complexity index is 386. The Morgan fingerprint density at radius 3 is 2.58 bits per heavy atom. The molecule has 0 saturated carbocycles. The molecule has 1 aromatic carbocycles. The lowest BCUT2D eigenvalue weighted by atomic mass is 10.1. The molecule has 2 N–H and O–H groups in total. The number of thioether (sulfide) groups is 1. The third kappa shape index (κ3) is 5.30. The first-order valence-electron chi connectivity index (χ1n) is 6.28. The van der Waals surface area contributed by atoms with Gasteiger partial charge in [-0.25, -0.2) is 0 Å². The number of methoxy groups -OCH3 is 2. The van der Waals surface area contributed by atoms with E-state index in [0.29, 0.717) is 0 Å². The summed E-state index contributed by atoms with van der Waals surface area (Å²) in [5.74, 6) is 3.58. The van der Waals surface area contributed by atoms with Gasteiger partial charge in [0.05, 0.1) is 14.2 Å². The van der Waals surface area contributed by atoms with Crippen molar-refractivity contribution in [3.05, 3.63) is 23.8 Å². The fraction of sp³-hybridized carbons (Fsp3) is 0.571. The van der Waals surface area contributed by atoms with E-state index in [-0.39, 0.29) is 6.04 Å². The molecule has 0 fully saturated rings. The largest absolute Gasteiger partial charge is 0.497 e. The van der Waals surface area contributed by atoms with Crippen LogP contribution in [-0.4, -0.2) is 51.3 Å². The number of nitrogens with two attached hydrogens (primary N) is 1. The predicted molar refractivity (Wildman–Crippen MR) is 82.4 cm³/mol. The second kappa shape index (κ2) is 8.30. The zero-order valence-corrected chi connectivity index (χ0v) is 13.0. The van der Waals surface area contributed by atoms with Gasteiger partial charge in [-0.3, -0.25) is 0 Å². The monoisotopic (exact) mass is 284 g/mol. The Morgan fingerprint density at radius 1 is 1.26 bits per heavy atom. The molecule has 0 aliphatic heterocycles.